The molecule has 0 radical (unpaired) electrons. The molecule has 0 saturated heterocycles. The Kier molecular flexibility index (Phi) is 5.67. The molecule has 8 nitrogen and oxygen atoms in total. The zero-order chi connectivity index (χ0) is 20.3. The zero-order valence-corrected chi connectivity index (χ0v) is 16.0. The van der Waals surface area contributed by atoms with Gasteiger partial charge in [-0.25, -0.2) is 4.98 Å². The Labute approximate surface area is 168 Å². The second kappa shape index (κ2) is 8.15. The summed E-state index contributed by atoms with van der Waals surface area (Å²) in [6.07, 6.45) is 0. The van der Waals surface area contributed by atoms with Crippen LogP contribution in [0.1, 0.15) is 17.3 Å². The van der Waals surface area contributed by atoms with Gasteiger partial charge in [0, 0.05) is 35.7 Å². The minimum Gasteiger partial charge on any atom is -0.326 e. The van der Waals surface area contributed by atoms with Crippen LogP contribution in [0.2, 0.25) is 5.02 Å². The Morgan fingerprint density at radius 3 is 2.50 bits per heavy atom. The number of amides is 2. The highest BCUT2D eigenvalue weighted by Gasteiger charge is 2.17. The Hall–Kier alpha value is -3.30. The summed E-state index contributed by atoms with van der Waals surface area (Å²) in [5.41, 5.74) is 1.88. The molecule has 0 spiro atoms. The molecule has 0 aliphatic heterocycles. The summed E-state index contributed by atoms with van der Waals surface area (Å²) in [7, 11) is 0. The van der Waals surface area contributed by atoms with Gasteiger partial charge in [0.25, 0.3) is 11.6 Å². The Morgan fingerprint density at radius 1 is 1.14 bits per heavy atom. The number of aromatic nitrogens is 1. The molecule has 2 aromatic carbocycles. The first-order valence-electron chi connectivity index (χ1n) is 7.92. The number of nitrogens with one attached hydrogen (secondary N) is 2. The smallest absolute Gasteiger partial charge is 0.270 e. The van der Waals surface area contributed by atoms with Gasteiger partial charge < -0.3 is 5.32 Å². The highest BCUT2D eigenvalue weighted by molar-refractivity contribution is 7.14. The molecule has 0 aliphatic carbocycles. The fourth-order valence-electron chi connectivity index (χ4n) is 2.36. The Bertz CT molecular complexity index is 1070. The predicted octanol–water partition coefficient (Wildman–Crippen LogP) is 4.58. The molecule has 3 aromatic rings. The van der Waals surface area contributed by atoms with Crippen LogP contribution in [0, 0.1) is 10.1 Å². The van der Waals surface area contributed by atoms with Gasteiger partial charge in [-0.2, -0.15) is 0 Å². The molecule has 1 aromatic heterocycles. The lowest BCUT2D eigenvalue weighted by atomic mass is 10.1. The molecule has 0 atom stereocenters. The standard InChI is InChI=1S/C18H13ClN4O4S/c1-10(24)20-12-4-2-11(3-5-12)16-9-28-18(21-16)22-17(25)14-8-13(23(26)27)6-7-15(14)19/h2-9H,1H3,(H,20,24)(H,21,22,25). The third kappa shape index (κ3) is 4.51. The number of anilines is 2. The van der Waals surface area contributed by atoms with E-state index in [0.29, 0.717) is 16.5 Å². The first kappa shape index (κ1) is 19.5. The normalized spacial score (nSPS) is 10.4. The van der Waals surface area contributed by atoms with E-state index in [9.17, 15) is 19.7 Å². The van der Waals surface area contributed by atoms with Crippen molar-refractivity contribution in [1.82, 2.24) is 4.98 Å². The third-order valence-corrected chi connectivity index (χ3v) is 4.72. The van der Waals surface area contributed by atoms with E-state index in [1.807, 2.05) is 0 Å². The van der Waals surface area contributed by atoms with Crippen molar-refractivity contribution in [2.75, 3.05) is 10.6 Å². The minimum atomic E-state index is -0.598. The maximum Gasteiger partial charge on any atom is 0.270 e. The molecule has 28 heavy (non-hydrogen) atoms. The van der Waals surface area contributed by atoms with Crippen LogP contribution >= 0.6 is 22.9 Å². The number of carbonyl (C=O) groups is 2. The van der Waals surface area contributed by atoms with Gasteiger partial charge in [-0.3, -0.25) is 25.0 Å². The Balaban J connectivity index is 1.76. The van der Waals surface area contributed by atoms with E-state index >= 15 is 0 Å². The third-order valence-electron chi connectivity index (χ3n) is 3.63. The molecule has 10 heteroatoms. The summed E-state index contributed by atoms with van der Waals surface area (Å²) in [6.45, 7) is 1.43. The van der Waals surface area contributed by atoms with Crippen molar-refractivity contribution in [3.63, 3.8) is 0 Å². The first-order chi connectivity index (χ1) is 13.3. The summed E-state index contributed by atoms with van der Waals surface area (Å²) in [5.74, 6) is -0.748. The summed E-state index contributed by atoms with van der Waals surface area (Å²) in [6, 6.07) is 10.7. The van der Waals surface area contributed by atoms with Gasteiger partial charge in [0.2, 0.25) is 5.91 Å². The van der Waals surface area contributed by atoms with E-state index in [0.717, 1.165) is 11.6 Å². The van der Waals surface area contributed by atoms with E-state index < -0.39 is 10.8 Å². The molecule has 0 unspecified atom stereocenters. The molecule has 2 N–H and O–H groups in total. The average molecular weight is 417 g/mol. The monoisotopic (exact) mass is 416 g/mol. The van der Waals surface area contributed by atoms with E-state index in [2.05, 4.69) is 15.6 Å². The fourth-order valence-corrected chi connectivity index (χ4v) is 3.27. The second-order valence-electron chi connectivity index (χ2n) is 5.67. The molecule has 142 valence electrons. The lowest BCUT2D eigenvalue weighted by Gasteiger charge is -2.04. The van der Waals surface area contributed by atoms with Crippen molar-refractivity contribution < 1.29 is 14.5 Å². The number of halogens is 1. The number of nitro groups is 1. The van der Waals surface area contributed by atoms with Gasteiger partial charge in [0.15, 0.2) is 5.13 Å². The number of rotatable bonds is 5. The zero-order valence-electron chi connectivity index (χ0n) is 14.4. The number of non-ortho nitro benzene ring substituents is 1. The van der Waals surface area contributed by atoms with Crippen molar-refractivity contribution in [3.8, 4) is 11.3 Å². The van der Waals surface area contributed by atoms with E-state index in [1.165, 1.54) is 30.4 Å². The second-order valence-corrected chi connectivity index (χ2v) is 6.94. The maximum absolute atomic E-state index is 12.4. The highest BCUT2D eigenvalue weighted by atomic mass is 35.5. The van der Waals surface area contributed by atoms with Crippen LogP contribution in [0.4, 0.5) is 16.5 Å². The van der Waals surface area contributed by atoms with Crippen molar-refractivity contribution in [3.05, 3.63) is 68.5 Å². The van der Waals surface area contributed by atoms with Crippen molar-refractivity contribution in [2.45, 2.75) is 6.92 Å². The minimum absolute atomic E-state index is 0.00715. The predicted molar refractivity (Wildman–Crippen MR) is 108 cm³/mol. The van der Waals surface area contributed by atoms with Gasteiger partial charge >= 0.3 is 0 Å². The van der Waals surface area contributed by atoms with Crippen molar-refractivity contribution in [2.24, 2.45) is 0 Å². The molecule has 0 aliphatic rings. The van der Waals surface area contributed by atoms with Gasteiger partial charge in [-0.05, 0) is 18.2 Å². The number of thiazole rings is 1. The van der Waals surface area contributed by atoms with Gasteiger partial charge in [0.1, 0.15) is 0 Å². The number of benzene rings is 2. The summed E-state index contributed by atoms with van der Waals surface area (Å²) >= 11 is 7.19. The van der Waals surface area contributed by atoms with Crippen molar-refractivity contribution in [1.29, 1.82) is 0 Å². The van der Waals surface area contributed by atoms with Crippen LogP contribution in [0.3, 0.4) is 0 Å². The highest BCUT2D eigenvalue weighted by Crippen LogP contribution is 2.28. The molecule has 2 amide bonds. The van der Waals surface area contributed by atoms with E-state index in [1.54, 1.807) is 29.6 Å². The van der Waals surface area contributed by atoms with E-state index in [-0.39, 0.29) is 22.2 Å². The van der Waals surface area contributed by atoms with Crippen molar-refractivity contribution >= 4 is 51.3 Å². The quantitative estimate of drug-likeness (QED) is 0.466. The topological polar surface area (TPSA) is 114 Å². The molecule has 0 saturated carbocycles. The summed E-state index contributed by atoms with van der Waals surface area (Å²) in [5, 5.41) is 18.4. The molecular weight excluding hydrogens is 404 g/mol. The van der Waals surface area contributed by atoms with Gasteiger partial charge in [0.05, 0.1) is 21.2 Å². The lowest BCUT2D eigenvalue weighted by molar-refractivity contribution is -0.384. The SMILES string of the molecule is CC(=O)Nc1ccc(-c2csc(NC(=O)c3cc([N+](=O)[O-])ccc3Cl)n2)cc1. The molecule has 3 rings (SSSR count). The first-order valence-corrected chi connectivity index (χ1v) is 9.18. The average Bonchev–Trinajstić information content (AvgIpc) is 3.10. The number of hydrogen-bond donors (Lipinski definition) is 2. The lowest BCUT2D eigenvalue weighted by Crippen LogP contribution is -2.12. The molecular formula is C18H13ClN4O4S. The number of hydrogen-bond acceptors (Lipinski definition) is 6. The number of nitrogens with zero attached hydrogens (tertiary/aromatic N) is 2. The maximum atomic E-state index is 12.4. The molecule has 0 bridgehead atoms. The number of nitro benzene ring substituents is 1. The van der Waals surface area contributed by atoms with Crippen LogP contribution in [0.15, 0.2) is 47.8 Å². The van der Waals surface area contributed by atoms with Gasteiger partial charge in [-0.1, -0.05) is 23.7 Å². The largest absolute Gasteiger partial charge is 0.326 e. The summed E-state index contributed by atoms with van der Waals surface area (Å²) < 4.78 is 0. The molecule has 0 fully saturated rings. The molecule has 1 heterocycles. The van der Waals surface area contributed by atoms with Crippen LogP contribution in [0.5, 0.6) is 0 Å². The van der Waals surface area contributed by atoms with Crippen LogP contribution in [0.25, 0.3) is 11.3 Å². The van der Waals surface area contributed by atoms with E-state index in [4.69, 9.17) is 11.6 Å². The van der Waals surface area contributed by atoms with Crippen LogP contribution in [-0.4, -0.2) is 21.7 Å². The van der Waals surface area contributed by atoms with Crippen LogP contribution < -0.4 is 10.6 Å². The fraction of sp³-hybridized carbons (Fsp3) is 0.0556. The van der Waals surface area contributed by atoms with Gasteiger partial charge in [-0.15, -0.1) is 11.3 Å². The Morgan fingerprint density at radius 2 is 1.86 bits per heavy atom. The summed E-state index contributed by atoms with van der Waals surface area (Å²) in [4.78, 5) is 38.1. The number of carbonyl (C=O) groups excluding carboxylic acids is 2. The van der Waals surface area contributed by atoms with Crippen LogP contribution in [-0.2, 0) is 4.79 Å².